The van der Waals surface area contributed by atoms with E-state index in [0.29, 0.717) is 0 Å². The summed E-state index contributed by atoms with van der Waals surface area (Å²) in [5.74, 6) is 0. The lowest BCUT2D eigenvalue weighted by Gasteiger charge is -2.10. The summed E-state index contributed by atoms with van der Waals surface area (Å²) >= 11 is 0. The Labute approximate surface area is 141 Å². The SMILES string of the molecule is [c]1ccc(-c2cccc3cc4cc5ccccc5cc4cc23)cc1. The molecule has 24 heavy (non-hydrogen) atoms. The molecule has 0 saturated heterocycles. The molecule has 0 N–H and O–H groups in total. The molecule has 5 aromatic carbocycles. The Bertz CT molecular complexity index is 1180. The largest absolute Gasteiger partial charge is 0.0616 e. The van der Waals surface area contributed by atoms with Crippen molar-refractivity contribution in [3.8, 4) is 11.1 Å². The van der Waals surface area contributed by atoms with Crippen LogP contribution in [0.25, 0.3) is 43.4 Å². The topological polar surface area (TPSA) is 0 Å². The fraction of sp³-hybridized carbons (Fsp3) is 0. The molecule has 1 radical (unpaired) electrons. The molecule has 0 aliphatic heterocycles. The molecule has 0 aromatic heterocycles. The van der Waals surface area contributed by atoms with E-state index in [1.165, 1.54) is 43.4 Å². The number of hydrogen-bond acceptors (Lipinski definition) is 0. The first-order valence-electron chi connectivity index (χ1n) is 8.20. The smallest absolute Gasteiger partial charge is 0.00990 e. The number of hydrogen-bond donors (Lipinski definition) is 0. The van der Waals surface area contributed by atoms with Crippen LogP contribution in [-0.4, -0.2) is 0 Å². The molecule has 0 fully saturated rings. The molecule has 0 aliphatic carbocycles. The Morgan fingerprint density at radius 2 is 1.12 bits per heavy atom. The van der Waals surface area contributed by atoms with Gasteiger partial charge in [-0.1, -0.05) is 66.7 Å². The zero-order chi connectivity index (χ0) is 15.9. The third-order valence-electron chi connectivity index (χ3n) is 4.73. The zero-order valence-electron chi connectivity index (χ0n) is 13.2. The first-order valence-corrected chi connectivity index (χ1v) is 8.20. The predicted octanol–water partition coefficient (Wildman–Crippen LogP) is 6.61. The fourth-order valence-corrected chi connectivity index (χ4v) is 3.54. The average molecular weight is 303 g/mol. The van der Waals surface area contributed by atoms with E-state index < -0.39 is 0 Å². The summed E-state index contributed by atoms with van der Waals surface area (Å²) in [6, 6.07) is 35.6. The van der Waals surface area contributed by atoms with Crippen molar-refractivity contribution in [3.05, 3.63) is 97.1 Å². The van der Waals surface area contributed by atoms with Crippen LogP contribution in [0.2, 0.25) is 0 Å². The second-order valence-electron chi connectivity index (χ2n) is 6.21. The molecule has 5 rings (SSSR count). The van der Waals surface area contributed by atoms with Crippen molar-refractivity contribution in [2.24, 2.45) is 0 Å². The first-order chi connectivity index (χ1) is 11.9. The predicted molar refractivity (Wildman–Crippen MR) is 103 cm³/mol. The van der Waals surface area contributed by atoms with Gasteiger partial charge in [0.2, 0.25) is 0 Å². The van der Waals surface area contributed by atoms with Crippen LogP contribution in [0.4, 0.5) is 0 Å². The minimum Gasteiger partial charge on any atom is -0.0616 e. The summed E-state index contributed by atoms with van der Waals surface area (Å²) < 4.78 is 0. The molecule has 0 amide bonds. The maximum absolute atomic E-state index is 3.10. The van der Waals surface area contributed by atoms with Gasteiger partial charge in [0.1, 0.15) is 0 Å². The maximum Gasteiger partial charge on any atom is -0.00990 e. The van der Waals surface area contributed by atoms with Gasteiger partial charge in [0.15, 0.2) is 0 Å². The Morgan fingerprint density at radius 1 is 0.500 bits per heavy atom. The van der Waals surface area contributed by atoms with Crippen molar-refractivity contribution >= 4 is 32.3 Å². The summed E-state index contributed by atoms with van der Waals surface area (Å²) in [6.45, 7) is 0. The van der Waals surface area contributed by atoms with Crippen molar-refractivity contribution in [2.45, 2.75) is 0 Å². The third kappa shape index (κ3) is 2.08. The monoisotopic (exact) mass is 303 g/mol. The highest BCUT2D eigenvalue weighted by Crippen LogP contribution is 2.33. The average Bonchev–Trinajstić information content (AvgIpc) is 2.65. The van der Waals surface area contributed by atoms with E-state index in [0.717, 1.165) is 0 Å². The molecule has 0 nitrogen and oxygen atoms in total. The lowest BCUT2D eigenvalue weighted by Crippen LogP contribution is -1.83. The maximum atomic E-state index is 3.10. The number of benzene rings is 5. The van der Waals surface area contributed by atoms with Gasteiger partial charge in [-0.2, -0.15) is 0 Å². The van der Waals surface area contributed by atoms with Gasteiger partial charge in [0.05, 0.1) is 0 Å². The van der Waals surface area contributed by atoms with Crippen molar-refractivity contribution in [3.63, 3.8) is 0 Å². The van der Waals surface area contributed by atoms with Gasteiger partial charge in [-0.3, -0.25) is 0 Å². The van der Waals surface area contributed by atoms with Crippen LogP contribution in [0.1, 0.15) is 0 Å². The second kappa shape index (κ2) is 5.21. The van der Waals surface area contributed by atoms with E-state index in [2.05, 4.69) is 84.9 Å². The molecule has 0 aliphatic rings. The van der Waals surface area contributed by atoms with Crippen molar-refractivity contribution in [1.29, 1.82) is 0 Å². The van der Waals surface area contributed by atoms with Crippen LogP contribution in [0.15, 0.2) is 91.0 Å². The van der Waals surface area contributed by atoms with E-state index in [4.69, 9.17) is 0 Å². The van der Waals surface area contributed by atoms with Gasteiger partial charge in [0, 0.05) is 0 Å². The van der Waals surface area contributed by atoms with Crippen LogP contribution in [0, 0.1) is 6.07 Å². The van der Waals surface area contributed by atoms with Gasteiger partial charge < -0.3 is 0 Å². The zero-order valence-corrected chi connectivity index (χ0v) is 13.2. The quantitative estimate of drug-likeness (QED) is 0.305. The summed E-state index contributed by atoms with van der Waals surface area (Å²) in [6.07, 6.45) is 0. The molecule has 0 heteroatoms. The lowest BCUT2D eigenvalue weighted by atomic mass is 9.94. The summed E-state index contributed by atoms with van der Waals surface area (Å²) in [5, 5.41) is 7.74. The van der Waals surface area contributed by atoms with E-state index in [9.17, 15) is 0 Å². The van der Waals surface area contributed by atoms with Gasteiger partial charge in [-0.15, -0.1) is 0 Å². The van der Waals surface area contributed by atoms with Crippen molar-refractivity contribution < 1.29 is 0 Å². The molecular formula is C24H15. The van der Waals surface area contributed by atoms with Crippen LogP contribution in [0.5, 0.6) is 0 Å². The molecule has 0 heterocycles. The van der Waals surface area contributed by atoms with Gasteiger partial charge in [0.25, 0.3) is 0 Å². The molecule has 5 aromatic rings. The highest BCUT2D eigenvalue weighted by Gasteiger charge is 2.06. The summed E-state index contributed by atoms with van der Waals surface area (Å²) in [7, 11) is 0. The highest BCUT2D eigenvalue weighted by molar-refractivity contribution is 6.08. The standard InChI is InChI=1S/C24H15/c1-2-7-17(8-3-1)23-12-6-11-20-15-21-13-18-9-4-5-10-19(18)14-22(21)16-24(20)23/h2-16H. The Kier molecular flexibility index (Phi) is 2.89. The Balaban J connectivity index is 1.87. The van der Waals surface area contributed by atoms with E-state index >= 15 is 0 Å². The molecular weight excluding hydrogens is 288 g/mol. The van der Waals surface area contributed by atoms with Gasteiger partial charge in [-0.25, -0.2) is 0 Å². The second-order valence-corrected chi connectivity index (χ2v) is 6.21. The molecule has 0 atom stereocenters. The number of rotatable bonds is 1. The van der Waals surface area contributed by atoms with Crippen molar-refractivity contribution in [2.75, 3.05) is 0 Å². The van der Waals surface area contributed by atoms with Crippen LogP contribution in [0.3, 0.4) is 0 Å². The summed E-state index contributed by atoms with van der Waals surface area (Å²) in [5.41, 5.74) is 2.51. The minimum atomic E-state index is 1.24. The Hall–Kier alpha value is -3.12. The fourth-order valence-electron chi connectivity index (χ4n) is 3.54. The van der Waals surface area contributed by atoms with E-state index in [-0.39, 0.29) is 0 Å². The molecule has 0 saturated carbocycles. The molecule has 0 bridgehead atoms. The van der Waals surface area contributed by atoms with Crippen LogP contribution in [-0.2, 0) is 0 Å². The molecule has 0 unspecified atom stereocenters. The minimum absolute atomic E-state index is 1.24. The molecule has 111 valence electrons. The Morgan fingerprint density at radius 3 is 1.88 bits per heavy atom. The molecule has 0 spiro atoms. The van der Waals surface area contributed by atoms with E-state index in [1.807, 2.05) is 12.1 Å². The van der Waals surface area contributed by atoms with E-state index in [1.54, 1.807) is 0 Å². The first kappa shape index (κ1) is 13.3. The van der Waals surface area contributed by atoms with Gasteiger partial charge in [-0.05, 0) is 73.8 Å². The van der Waals surface area contributed by atoms with Crippen molar-refractivity contribution in [1.82, 2.24) is 0 Å². The van der Waals surface area contributed by atoms with Gasteiger partial charge >= 0.3 is 0 Å². The van der Waals surface area contributed by atoms with Crippen LogP contribution < -0.4 is 0 Å². The summed E-state index contributed by atoms with van der Waals surface area (Å²) in [4.78, 5) is 0. The normalized spacial score (nSPS) is 11.3. The van der Waals surface area contributed by atoms with Crippen LogP contribution >= 0.6 is 0 Å². The highest BCUT2D eigenvalue weighted by atomic mass is 14.1. The lowest BCUT2D eigenvalue weighted by molar-refractivity contribution is 1.65. The number of fused-ring (bicyclic) bond motifs is 3. The third-order valence-corrected chi connectivity index (χ3v) is 4.73.